The third-order valence-electron chi connectivity index (χ3n) is 4.38. The first kappa shape index (κ1) is 18.1. The van der Waals surface area contributed by atoms with Gasteiger partial charge in [-0.05, 0) is 49.7 Å². The highest BCUT2D eigenvalue weighted by atomic mass is 35.5. The molecule has 2 aromatic rings. The molecule has 0 spiro atoms. The molecule has 0 N–H and O–H groups in total. The second-order valence-corrected chi connectivity index (χ2v) is 7.30. The number of anilines is 1. The van der Waals surface area contributed by atoms with Crippen LogP contribution in [0.2, 0.25) is 5.02 Å². The Labute approximate surface area is 158 Å². The van der Waals surface area contributed by atoms with Gasteiger partial charge in [0.2, 0.25) is 0 Å². The van der Waals surface area contributed by atoms with Crippen LogP contribution in [0.5, 0.6) is 0 Å². The van der Waals surface area contributed by atoms with Gasteiger partial charge in [-0.15, -0.1) is 0 Å². The van der Waals surface area contributed by atoms with Crippen LogP contribution in [0.1, 0.15) is 17.0 Å². The van der Waals surface area contributed by atoms with Crippen LogP contribution < -0.4 is 4.90 Å². The van der Waals surface area contributed by atoms with E-state index >= 15 is 0 Å². The molecule has 0 atom stereocenters. The van der Waals surface area contributed by atoms with Gasteiger partial charge in [0.05, 0.1) is 10.0 Å². The average molecular weight is 378 g/mol. The summed E-state index contributed by atoms with van der Waals surface area (Å²) in [7, 11) is 0. The largest absolute Gasteiger partial charge is 0.368 e. The Hall–Kier alpha value is -1.72. The lowest BCUT2D eigenvalue weighted by molar-refractivity contribution is 0.387. The summed E-state index contributed by atoms with van der Waals surface area (Å²) in [6, 6.07) is 9.04. The molecular weight excluding hydrogens is 357 g/mol. The van der Waals surface area contributed by atoms with Crippen LogP contribution in [0.15, 0.2) is 30.3 Å². The lowest BCUT2D eigenvalue weighted by Crippen LogP contribution is -2.48. The van der Waals surface area contributed by atoms with Gasteiger partial charge in [0.15, 0.2) is 0 Å². The number of benzene rings is 1. The Balaban J connectivity index is 1.59. The molecule has 1 aliphatic heterocycles. The second kappa shape index (κ2) is 7.67. The van der Waals surface area contributed by atoms with E-state index in [4.69, 9.17) is 23.8 Å². The predicted octanol–water partition coefficient (Wildman–Crippen LogP) is 4.18. The fourth-order valence-corrected chi connectivity index (χ4v) is 3.68. The van der Waals surface area contributed by atoms with E-state index in [1.807, 2.05) is 6.92 Å². The van der Waals surface area contributed by atoms with Gasteiger partial charge in [-0.3, -0.25) is 4.98 Å². The van der Waals surface area contributed by atoms with Crippen LogP contribution in [-0.4, -0.2) is 41.1 Å². The number of hydrogen-bond donors (Lipinski definition) is 0. The van der Waals surface area contributed by atoms with Crippen LogP contribution in [-0.2, 0) is 6.42 Å². The number of aryl methyl sites for hydroxylation is 2. The van der Waals surface area contributed by atoms with Crippen LogP contribution in [0.25, 0.3) is 0 Å². The summed E-state index contributed by atoms with van der Waals surface area (Å²) in [5, 5.41) is 0.163. The minimum atomic E-state index is -0.383. The molecule has 0 radical (unpaired) electrons. The van der Waals surface area contributed by atoms with E-state index < -0.39 is 0 Å². The Morgan fingerprint density at radius 3 is 2.52 bits per heavy atom. The maximum Gasteiger partial charge on any atom is 0.141 e. The van der Waals surface area contributed by atoms with Crippen molar-refractivity contribution in [2.24, 2.45) is 0 Å². The lowest BCUT2D eigenvalue weighted by Gasteiger charge is -2.37. The number of rotatable bonds is 3. The van der Waals surface area contributed by atoms with E-state index in [1.165, 1.54) is 11.6 Å². The highest BCUT2D eigenvalue weighted by Crippen LogP contribution is 2.23. The van der Waals surface area contributed by atoms with Gasteiger partial charge in [0.1, 0.15) is 5.82 Å². The van der Waals surface area contributed by atoms with E-state index in [1.54, 1.807) is 12.1 Å². The van der Waals surface area contributed by atoms with Gasteiger partial charge in [0, 0.05) is 49.7 Å². The van der Waals surface area contributed by atoms with E-state index in [0.717, 1.165) is 48.2 Å². The molecule has 132 valence electrons. The van der Waals surface area contributed by atoms with E-state index in [0.29, 0.717) is 6.42 Å². The summed E-state index contributed by atoms with van der Waals surface area (Å²) >= 11 is 11.5. The van der Waals surface area contributed by atoms with E-state index in [-0.39, 0.29) is 10.8 Å². The Bertz CT molecular complexity index is 768. The number of nitrogens with zero attached hydrogens (tertiary/aromatic N) is 3. The zero-order valence-corrected chi connectivity index (χ0v) is 16.0. The van der Waals surface area contributed by atoms with Crippen molar-refractivity contribution in [3.05, 3.63) is 58.1 Å². The first-order valence-electron chi connectivity index (χ1n) is 8.34. The van der Waals surface area contributed by atoms with Gasteiger partial charge in [-0.25, -0.2) is 4.39 Å². The topological polar surface area (TPSA) is 19.4 Å². The van der Waals surface area contributed by atoms with Crippen molar-refractivity contribution in [1.82, 2.24) is 9.88 Å². The molecule has 0 saturated carbocycles. The number of pyridine rings is 1. The summed E-state index contributed by atoms with van der Waals surface area (Å²) < 4.78 is 13.3. The van der Waals surface area contributed by atoms with Crippen molar-refractivity contribution in [2.75, 3.05) is 31.1 Å². The van der Waals surface area contributed by atoms with Crippen molar-refractivity contribution < 1.29 is 4.39 Å². The third-order valence-corrected chi connectivity index (χ3v) is 5.08. The predicted molar refractivity (Wildman–Crippen MR) is 105 cm³/mol. The molecule has 1 aromatic heterocycles. The molecule has 0 amide bonds. The Morgan fingerprint density at radius 2 is 1.88 bits per heavy atom. The van der Waals surface area contributed by atoms with Crippen LogP contribution in [0.3, 0.4) is 0 Å². The summed E-state index contributed by atoms with van der Waals surface area (Å²) in [6.07, 6.45) is 0.695. The molecule has 0 bridgehead atoms. The summed E-state index contributed by atoms with van der Waals surface area (Å²) in [6.45, 7) is 7.45. The molecule has 1 fully saturated rings. The van der Waals surface area contributed by atoms with Crippen molar-refractivity contribution >= 4 is 34.5 Å². The smallest absolute Gasteiger partial charge is 0.141 e. The standard InChI is InChI=1S/C19H21ClFN3S/c1-13-9-14(2)22-15(10-13)11-19(25)24-7-5-23(6-8-24)16-3-4-18(21)17(20)12-16/h3-4,9-10,12H,5-8,11H2,1-2H3. The molecule has 0 aliphatic carbocycles. The zero-order chi connectivity index (χ0) is 18.0. The number of hydrogen-bond acceptors (Lipinski definition) is 3. The maximum atomic E-state index is 13.3. The van der Waals surface area contributed by atoms with Gasteiger partial charge in [0.25, 0.3) is 0 Å². The molecule has 3 rings (SSSR count). The van der Waals surface area contributed by atoms with Crippen molar-refractivity contribution in [3.63, 3.8) is 0 Å². The average Bonchev–Trinajstić information content (AvgIpc) is 2.56. The summed E-state index contributed by atoms with van der Waals surface area (Å²) in [4.78, 5) is 9.94. The number of aromatic nitrogens is 1. The number of piperazine rings is 1. The molecule has 1 aliphatic rings. The summed E-state index contributed by atoms with van der Waals surface area (Å²) in [5.74, 6) is -0.383. The number of halogens is 2. The van der Waals surface area contributed by atoms with Crippen molar-refractivity contribution in [1.29, 1.82) is 0 Å². The zero-order valence-electron chi connectivity index (χ0n) is 14.4. The van der Waals surface area contributed by atoms with Gasteiger partial charge in [-0.1, -0.05) is 23.8 Å². The van der Waals surface area contributed by atoms with Crippen molar-refractivity contribution in [3.8, 4) is 0 Å². The fraction of sp³-hybridized carbons (Fsp3) is 0.368. The SMILES string of the molecule is Cc1cc(C)nc(CC(=S)N2CCN(c3ccc(F)c(Cl)c3)CC2)c1. The summed E-state index contributed by atoms with van der Waals surface area (Å²) in [5.41, 5.74) is 4.21. The van der Waals surface area contributed by atoms with Crippen LogP contribution >= 0.6 is 23.8 Å². The Morgan fingerprint density at radius 1 is 1.16 bits per heavy atom. The van der Waals surface area contributed by atoms with Crippen LogP contribution in [0.4, 0.5) is 10.1 Å². The molecule has 1 saturated heterocycles. The van der Waals surface area contributed by atoms with Gasteiger partial charge >= 0.3 is 0 Å². The molecule has 0 unspecified atom stereocenters. The highest BCUT2D eigenvalue weighted by Gasteiger charge is 2.20. The first-order valence-corrected chi connectivity index (χ1v) is 9.13. The molecular formula is C19H21ClFN3S. The minimum absolute atomic E-state index is 0.163. The molecule has 1 aromatic carbocycles. The van der Waals surface area contributed by atoms with E-state index in [9.17, 15) is 4.39 Å². The monoisotopic (exact) mass is 377 g/mol. The van der Waals surface area contributed by atoms with Crippen molar-refractivity contribution in [2.45, 2.75) is 20.3 Å². The maximum absolute atomic E-state index is 13.3. The van der Waals surface area contributed by atoms with Gasteiger partial charge in [-0.2, -0.15) is 0 Å². The molecule has 3 nitrogen and oxygen atoms in total. The molecule has 2 heterocycles. The Kier molecular flexibility index (Phi) is 5.54. The quantitative estimate of drug-likeness (QED) is 0.747. The lowest BCUT2D eigenvalue weighted by atomic mass is 10.1. The minimum Gasteiger partial charge on any atom is -0.368 e. The molecule has 6 heteroatoms. The highest BCUT2D eigenvalue weighted by molar-refractivity contribution is 7.80. The molecule has 25 heavy (non-hydrogen) atoms. The number of thiocarbonyl (C=S) groups is 1. The fourth-order valence-electron chi connectivity index (χ4n) is 3.18. The normalized spacial score (nSPS) is 14.7. The van der Waals surface area contributed by atoms with Gasteiger partial charge < -0.3 is 9.80 Å². The van der Waals surface area contributed by atoms with Crippen LogP contribution in [0, 0.1) is 19.7 Å². The third kappa shape index (κ3) is 4.47. The van der Waals surface area contributed by atoms with E-state index in [2.05, 4.69) is 33.8 Å². The second-order valence-electron chi connectivity index (χ2n) is 6.42. The first-order chi connectivity index (χ1) is 11.9.